The quantitative estimate of drug-likeness (QED) is 0.0337. The van der Waals surface area contributed by atoms with Crippen LogP contribution in [0.2, 0.25) is 0 Å². The molecule has 1 aliphatic rings. The smallest absolute Gasteiger partial charge is 0.300 e. The number of amides is 9. The molecule has 78 heavy (non-hydrogen) atoms. The summed E-state index contributed by atoms with van der Waals surface area (Å²) in [6, 6.07) is 6.67. The van der Waals surface area contributed by atoms with E-state index in [-0.39, 0.29) is 76.8 Å². The minimum absolute atomic E-state index is 0.0408. The number of benzene rings is 2. The number of primary amides is 1. The lowest BCUT2D eigenvalue weighted by atomic mass is 10.0. The maximum atomic E-state index is 14.7. The van der Waals surface area contributed by atoms with Gasteiger partial charge >= 0.3 is 0 Å². The predicted octanol–water partition coefficient (Wildman–Crippen LogP) is -1.16. The lowest BCUT2D eigenvalue weighted by Gasteiger charge is -2.28. The Morgan fingerprint density at radius 3 is 2.01 bits per heavy atom. The van der Waals surface area contributed by atoms with Gasteiger partial charge in [-0.2, -0.15) is 0 Å². The number of hydrogen-bond acceptors (Lipinski definition) is 12. The van der Waals surface area contributed by atoms with Gasteiger partial charge in [-0.1, -0.05) is 68.3 Å². The maximum Gasteiger partial charge on any atom is 0.300 e. The van der Waals surface area contributed by atoms with Gasteiger partial charge in [-0.3, -0.25) is 52.9 Å². The van der Waals surface area contributed by atoms with E-state index in [0.717, 1.165) is 17.8 Å². The van der Waals surface area contributed by atoms with Crippen molar-refractivity contribution in [3.05, 3.63) is 90.1 Å². The van der Waals surface area contributed by atoms with Crippen molar-refractivity contribution in [3.63, 3.8) is 0 Å². The van der Waals surface area contributed by atoms with Crippen LogP contribution in [0.5, 0.6) is 0 Å². The molecule has 0 unspecified atom stereocenters. The third kappa shape index (κ3) is 21.4. The molecule has 26 heteroatoms. The van der Waals surface area contributed by atoms with E-state index in [1.807, 2.05) is 31.2 Å². The molecule has 4 aromatic rings. The van der Waals surface area contributed by atoms with Gasteiger partial charge in [0.25, 0.3) is 5.97 Å². The van der Waals surface area contributed by atoms with Crippen molar-refractivity contribution < 1.29 is 53.1 Å². The number of imidazole rings is 1. The van der Waals surface area contributed by atoms with E-state index in [2.05, 4.69) is 62.5 Å². The number of aliphatic carboxylic acids is 1. The van der Waals surface area contributed by atoms with Crippen molar-refractivity contribution in [2.45, 2.75) is 140 Å². The van der Waals surface area contributed by atoms with Gasteiger partial charge < -0.3 is 74.8 Å². The number of carboxylic acids is 1. The van der Waals surface area contributed by atoms with E-state index in [4.69, 9.17) is 27.1 Å². The number of hydrogen-bond donors (Lipinski definition) is 14. The summed E-state index contributed by atoms with van der Waals surface area (Å²) >= 11 is 0. The summed E-state index contributed by atoms with van der Waals surface area (Å²) in [5.41, 5.74) is 19.4. The zero-order chi connectivity index (χ0) is 57.1. The first kappa shape index (κ1) is 61.7. The molecule has 0 spiro atoms. The number of H-pyrrole nitrogens is 2. The monoisotopic (exact) mass is 1080 g/mol. The fourth-order valence-electron chi connectivity index (χ4n) is 8.40. The summed E-state index contributed by atoms with van der Waals surface area (Å²) in [4.78, 5) is 148. The first-order valence-corrected chi connectivity index (χ1v) is 25.7. The SMILES string of the molecule is CC(=O)O.CCCC[C@H](NC(C)=O)C(=O)N[C@H]1CC(=O)NCCCC[C@@H](C(N)=O)NC(=O)[C@H](Cc2c[nH]c3ccccc23)NC(=O)[C@H](CCCN=C(N)N)NC(=O)[C@@H](Cc2ccccc2)NC(=O)[C@H](Cc2cnc[nH]2)NC1=O. The van der Waals surface area contributed by atoms with Crippen LogP contribution < -0.4 is 59.7 Å². The van der Waals surface area contributed by atoms with Crippen LogP contribution in [0, 0.1) is 0 Å². The number of nitrogens with two attached hydrogens (primary N) is 3. The topological polar surface area (TPSA) is 422 Å². The Bertz CT molecular complexity index is 2690. The number of aromatic amines is 2. The summed E-state index contributed by atoms with van der Waals surface area (Å²) in [5, 5.41) is 29.8. The van der Waals surface area contributed by atoms with E-state index >= 15 is 0 Å². The predicted molar refractivity (Wildman–Crippen MR) is 287 cm³/mol. The number of carbonyl (C=O) groups is 10. The number of guanidine groups is 1. The molecule has 0 aliphatic carbocycles. The second-order valence-electron chi connectivity index (χ2n) is 18.7. The zero-order valence-electron chi connectivity index (χ0n) is 44.0. The molecule has 1 aliphatic heterocycles. The van der Waals surface area contributed by atoms with Crippen LogP contribution >= 0.6 is 0 Å². The lowest BCUT2D eigenvalue weighted by molar-refractivity contribution is -0.136. The number of aromatic nitrogens is 3. The van der Waals surface area contributed by atoms with Crippen LogP contribution in [-0.2, 0) is 67.2 Å². The van der Waals surface area contributed by atoms with Crippen molar-refractivity contribution >= 4 is 76.0 Å². The molecule has 17 N–H and O–H groups in total. The molecule has 0 bridgehead atoms. The van der Waals surface area contributed by atoms with Crippen molar-refractivity contribution in [1.29, 1.82) is 0 Å². The van der Waals surface area contributed by atoms with E-state index in [0.29, 0.717) is 29.7 Å². The van der Waals surface area contributed by atoms with Crippen LogP contribution in [0.25, 0.3) is 10.9 Å². The highest BCUT2D eigenvalue weighted by Gasteiger charge is 2.35. The molecule has 2 aromatic heterocycles. The van der Waals surface area contributed by atoms with Crippen LogP contribution in [0.15, 0.2) is 78.3 Å². The molecule has 0 saturated carbocycles. The molecular formula is C52H73N15O11. The molecule has 422 valence electrons. The molecular weight excluding hydrogens is 1010 g/mol. The third-order valence-electron chi connectivity index (χ3n) is 12.3. The van der Waals surface area contributed by atoms with Gasteiger partial charge in [0, 0.05) is 75.2 Å². The number of nitrogens with one attached hydrogen (secondary N) is 10. The van der Waals surface area contributed by atoms with Crippen molar-refractivity contribution in [1.82, 2.24) is 57.5 Å². The first-order valence-electron chi connectivity index (χ1n) is 25.7. The summed E-state index contributed by atoms with van der Waals surface area (Å²) < 4.78 is 0. The number of carbonyl (C=O) groups excluding carboxylic acids is 9. The Morgan fingerprint density at radius 2 is 1.37 bits per heavy atom. The molecule has 3 heterocycles. The van der Waals surface area contributed by atoms with Gasteiger partial charge in [0.15, 0.2) is 5.96 Å². The average Bonchev–Trinajstić information content (AvgIpc) is 4.07. The Kier molecular flexibility index (Phi) is 25.2. The van der Waals surface area contributed by atoms with Crippen LogP contribution in [0.4, 0.5) is 0 Å². The Labute approximate surface area is 450 Å². The number of rotatable bonds is 17. The maximum absolute atomic E-state index is 14.7. The van der Waals surface area contributed by atoms with Gasteiger partial charge in [-0.05, 0) is 55.7 Å². The second kappa shape index (κ2) is 31.9. The number of fused-ring (bicyclic) bond motifs is 1. The number of nitrogens with zero attached hydrogens (tertiary/aromatic N) is 2. The molecule has 9 amide bonds. The summed E-state index contributed by atoms with van der Waals surface area (Å²) in [7, 11) is 0. The van der Waals surface area contributed by atoms with Crippen LogP contribution in [0.3, 0.4) is 0 Å². The van der Waals surface area contributed by atoms with Crippen molar-refractivity contribution in [2.24, 2.45) is 22.2 Å². The van der Waals surface area contributed by atoms with Crippen LogP contribution in [-0.4, -0.2) is 141 Å². The molecule has 1 saturated heterocycles. The summed E-state index contributed by atoms with van der Waals surface area (Å²) in [6.45, 7) is 4.34. The first-order chi connectivity index (χ1) is 37.2. The van der Waals surface area contributed by atoms with Gasteiger partial charge in [0.2, 0.25) is 53.2 Å². The number of para-hydroxylation sites is 1. The van der Waals surface area contributed by atoms with Gasteiger partial charge in [-0.25, -0.2) is 4.98 Å². The minimum Gasteiger partial charge on any atom is -0.481 e. The summed E-state index contributed by atoms with van der Waals surface area (Å²) in [6.07, 6.45) is 5.72. The number of unbranched alkanes of at least 4 members (excludes halogenated alkanes) is 1. The van der Waals surface area contributed by atoms with Gasteiger partial charge in [0.05, 0.1) is 12.7 Å². The Morgan fingerprint density at radius 1 is 0.756 bits per heavy atom. The molecule has 2 aromatic carbocycles. The molecule has 7 atom stereocenters. The average molecular weight is 1080 g/mol. The number of carboxylic acid groups (broad SMARTS) is 1. The largest absolute Gasteiger partial charge is 0.481 e. The van der Waals surface area contributed by atoms with E-state index < -0.39 is 108 Å². The molecule has 5 rings (SSSR count). The highest BCUT2D eigenvalue weighted by molar-refractivity contribution is 5.99. The lowest BCUT2D eigenvalue weighted by Crippen LogP contribution is -2.61. The highest BCUT2D eigenvalue weighted by atomic mass is 16.4. The normalized spacial score (nSPS) is 20.6. The fraction of sp³-hybridized carbons (Fsp3) is 0.462. The minimum atomic E-state index is -1.58. The Hall–Kier alpha value is -8.84. The second-order valence-corrected chi connectivity index (χ2v) is 18.7. The fourth-order valence-corrected chi connectivity index (χ4v) is 8.40. The zero-order valence-corrected chi connectivity index (χ0v) is 44.0. The molecule has 0 radical (unpaired) electrons. The van der Waals surface area contributed by atoms with Crippen LogP contribution in [0.1, 0.15) is 95.4 Å². The molecule has 1 fully saturated rings. The highest BCUT2D eigenvalue weighted by Crippen LogP contribution is 2.20. The van der Waals surface area contributed by atoms with Gasteiger partial charge in [0.1, 0.15) is 42.3 Å². The standard InChI is InChI=1S/C50H69N15O9.C2H4O2/c1-3-4-16-36(59-29(2)66)44(69)65-41-25-42(67)55-20-11-10-18-35(43(51)68)60-47(72)39(23-31-26-57-34-17-9-8-15-33(31)34)63-45(70)37(19-12-21-56-50(52)53)61-46(71)38(22-30-13-6-5-7-14-30)62-48(73)40(64-49(41)74)24-32-27-54-28-58-32;1-2(3)4/h5-9,13-15,17,26-28,35-41,57H,3-4,10-12,16,18-25H2,1-2H3,(H2,51,68)(H,54,58)(H,55,67)(H,59,66)(H,60,72)(H,61,71)(H,62,73)(H,63,70)(H,64,74)(H,65,69)(H4,52,53,56);1H3,(H,3,4)/t35-,36-,37-,38+,39-,40-,41-;/m0./s1. The van der Waals surface area contributed by atoms with E-state index in [1.54, 1.807) is 36.5 Å². The Balaban J connectivity index is 0.00000317. The van der Waals surface area contributed by atoms with E-state index in [9.17, 15) is 43.2 Å². The number of aliphatic imine (C=N–C) groups is 1. The van der Waals surface area contributed by atoms with Crippen molar-refractivity contribution in [2.75, 3.05) is 13.1 Å². The molecule has 26 nitrogen and oxygen atoms in total. The summed E-state index contributed by atoms with van der Waals surface area (Å²) in [5.74, 6) is -7.93. The third-order valence-corrected chi connectivity index (χ3v) is 12.3. The van der Waals surface area contributed by atoms with Gasteiger partial charge in [-0.15, -0.1) is 0 Å². The van der Waals surface area contributed by atoms with Crippen molar-refractivity contribution in [3.8, 4) is 0 Å². The van der Waals surface area contributed by atoms with E-state index in [1.165, 1.54) is 19.4 Å².